The maximum absolute atomic E-state index is 12.3. The Bertz CT molecular complexity index is 582. The third kappa shape index (κ3) is 2.76. The summed E-state index contributed by atoms with van der Waals surface area (Å²) in [5, 5.41) is 17.3. The van der Waals surface area contributed by atoms with Gasteiger partial charge in [0.25, 0.3) is 0 Å². The summed E-state index contributed by atoms with van der Waals surface area (Å²) < 4.78 is 47.9. The molecule has 2 saturated heterocycles. The highest BCUT2D eigenvalue weighted by Gasteiger charge is 2.48. The van der Waals surface area contributed by atoms with Gasteiger partial charge in [-0.25, -0.2) is 16.8 Å². The van der Waals surface area contributed by atoms with Crippen LogP contribution in [0.15, 0.2) is 0 Å². The molecule has 0 bridgehead atoms. The lowest BCUT2D eigenvalue weighted by Crippen LogP contribution is -2.45. The summed E-state index contributed by atoms with van der Waals surface area (Å²) in [4.78, 5) is 11.0. The standard InChI is InChI=1S/C9H15NO7S2/c11-6-3-8(9(12)13)10(4-6)19(16,17)7-1-2-18(14,15)5-7/h6-8,11H,1-5H2,(H,12,13)/t6?,7?,8-/m0/s1. The summed E-state index contributed by atoms with van der Waals surface area (Å²) in [5.41, 5.74) is 0. The number of carboxylic acids is 1. The van der Waals surface area contributed by atoms with Gasteiger partial charge in [0, 0.05) is 13.0 Å². The fourth-order valence-electron chi connectivity index (χ4n) is 2.48. The number of sulfonamides is 1. The van der Waals surface area contributed by atoms with E-state index in [0.29, 0.717) is 0 Å². The second kappa shape index (κ2) is 4.69. The SMILES string of the molecule is O=C(O)[C@@H]1CC(O)CN1S(=O)(=O)C1CCS(=O)(=O)C1. The number of β-amino-alcohol motifs (C(OH)–C–C–N with tert-alkyl or cyclic N) is 1. The minimum absolute atomic E-state index is 0.0242. The highest BCUT2D eigenvalue weighted by Crippen LogP contribution is 2.28. The van der Waals surface area contributed by atoms with Gasteiger partial charge in [0.2, 0.25) is 10.0 Å². The molecule has 2 fully saturated rings. The van der Waals surface area contributed by atoms with Crippen molar-refractivity contribution in [3.8, 4) is 0 Å². The van der Waals surface area contributed by atoms with Crippen molar-refractivity contribution in [2.75, 3.05) is 18.1 Å². The van der Waals surface area contributed by atoms with Gasteiger partial charge in [0.1, 0.15) is 6.04 Å². The zero-order valence-corrected chi connectivity index (χ0v) is 11.6. The molecule has 0 spiro atoms. The molecule has 2 heterocycles. The van der Waals surface area contributed by atoms with Gasteiger partial charge in [-0.2, -0.15) is 4.31 Å². The number of sulfone groups is 1. The predicted octanol–water partition coefficient (Wildman–Crippen LogP) is -1.98. The number of aliphatic hydroxyl groups excluding tert-OH is 1. The van der Waals surface area contributed by atoms with Gasteiger partial charge < -0.3 is 10.2 Å². The van der Waals surface area contributed by atoms with Crippen molar-refractivity contribution in [2.24, 2.45) is 0 Å². The minimum Gasteiger partial charge on any atom is -0.480 e. The normalized spacial score (nSPS) is 35.5. The Labute approximate surface area is 111 Å². The Kier molecular flexibility index (Phi) is 3.62. The molecule has 2 unspecified atom stereocenters. The average Bonchev–Trinajstić information content (AvgIpc) is 2.82. The molecule has 0 amide bonds. The van der Waals surface area contributed by atoms with Crippen molar-refractivity contribution in [3.05, 3.63) is 0 Å². The number of aliphatic hydroxyl groups is 1. The molecule has 8 nitrogen and oxygen atoms in total. The van der Waals surface area contributed by atoms with E-state index in [1.165, 1.54) is 0 Å². The maximum atomic E-state index is 12.3. The molecule has 0 aliphatic carbocycles. The molecule has 2 aliphatic rings. The highest BCUT2D eigenvalue weighted by atomic mass is 32.2. The molecule has 2 rings (SSSR count). The Hall–Kier alpha value is -0.710. The Morgan fingerprint density at radius 3 is 2.42 bits per heavy atom. The predicted molar refractivity (Wildman–Crippen MR) is 64.7 cm³/mol. The van der Waals surface area contributed by atoms with Crippen molar-refractivity contribution >= 4 is 25.8 Å². The lowest BCUT2D eigenvalue weighted by molar-refractivity contribution is -0.140. The van der Waals surface area contributed by atoms with Gasteiger partial charge in [0.05, 0.1) is 22.9 Å². The number of hydrogen-bond acceptors (Lipinski definition) is 6. The molecular formula is C9H15NO7S2. The van der Waals surface area contributed by atoms with Gasteiger partial charge in [-0.3, -0.25) is 4.79 Å². The number of hydrogen-bond donors (Lipinski definition) is 2. The number of carboxylic acid groups (broad SMARTS) is 1. The van der Waals surface area contributed by atoms with Crippen LogP contribution < -0.4 is 0 Å². The molecular weight excluding hydrogens is 298 g/mol. The molecule has 0 saturated carbocycles. The molecule has 19 heavy (non-hydrogen) atoms. The molecule has 10 heteroatoms. The first-order chi connectivity index (χ1) is 8.63. The van der Waals surface area contributed by atoms with E-state index in [2.05, 4.69) is 0 Å². The molecule has 110 valence electrons. The summed E-state index contributed by atoms with van der Waals surface area (Å²) in [6.45, 7) is -0.296. The zero-order chi connectivity index (χ0) is 14.4. The quantitative estimate of drug-likeness (QED) is 0.618. The first kappa shape index (κ1) is 14.7. The fraction of sp³-hybridized carbons (Fsp3) is 0.889. The van der Waals surface area contributed by atoms with Crippen LogP contribution in [0.5, 0.6) is 0 Å². The van der Waals surface area contributed by atoms with E-state index in [0.717, 1.165) is 4.31 Å². The Morgan fingerprint density at radius 1 is 1.32 bits per heavy atom. The van der Waals surface area contributed by atoms with Crippen LogP contribution in [0.3, 0.4) is 0 Å². The number of nitrogens with zero attached hydrogens (tertiary/aromatic N) is 1. The summed E-state index contributed by atoms with van der Waals surface area (Å²) in [6.07, 6.45) is -1.23. The smallest absolute Gasteiger partial charge is 0.322 e. The molecule has 0 radical (unpaired) electrons. The number of carbonyl (C=O) groups is 1. The van der Waals surface area contributed by atoms with Crippen molar-refractivity contribution in [1.29, 1.82) is 0 Å². The summed E-state index contributed by atoms with van der Waals surface area (Å²) in [5.74, 6) is -2.01. The van der Waals surface area contributed by atoms with Gasteiger partial charge in [0.15, 0.2) is 9.84 Å². The molecule has 2 N–H and O–H groups in total. The maximum Gasteiger partial charge on any atom is 0.322 e. The second-order valence-corrected chi connectivity index (χ2v) is 9.28. The van der Waals surface area contributed by atoms with Crippen LogP contribution >= 0.6 is 0 Å². The van der Waals surface area contributed by atoms with Crippen molar-refractivity contribution in [2.45, 2.75) is 30.2 Å². The Morgan fingerprint density at radius 2 is 1.95 bits per heavy atom. The molecule has 0 aromatic carbocycles. The van der Waals surface area contributed by atoms with Gasteiger partial charge in [-0.15, -0.1) is 0 Å². The molecule has 2 aliphatic heterocycles. The van der Waals surface area contributed by atoms with Crippen molar-refractivity contribution in [1.82, 2.24) is 4.31 Å². The fourth-order valence-corrected chi connectivity index (χ4v) is 7.19. The van der Waals surface area contributed by atoms with E-state index >= 15 is 0 Å². The average molecular weight is 313 g/mol. The third-order valence-electron chi connectivity index (χ3n) is 3.46. The highest BCUT2D eigenvalue weighted by molar-refractivity contribution is 7.95. The van der Waals surface area contributed by atoms with E-state index in [1.54, 1.807) is 0 Å². The van der Waals surface area contributed by atoms with Crippen LogP contribution in [-0.2, 0) is 24.7 Å². The topological polar surface area (TPSA) is 129 Å². The second-order valence-electron chi connectivity index (χ2n) is 4.88. The van der Waals surface area contributed by atoms with Crippen molar-refractivity contribution < 1.29 is 31.8 Å². The molecule has 3 atom stereocenters. The first-order valence-corrected chi connectivity index (χ1v) is 9.08. The van der Waals surface area contributed by atoms with E-state index in [4.69, 9.17) is 5.11 Å². The minimum atomic E-state index is -4.02. The van der Waals surface area contributed by atoms with Crippen LogP contribution in [0.2, 0.25) is 0 Å². The van der Waals surface area contributed by atoms with E-state index in [-0.39, 0.29) is 25.1 Å². The third-order valence-corrected chi connectivity index (χ3v) is 7.74. The van der Waals surface area contributed by atoms with Crippen LogP contribution in [0.4, 0.5) is 0 Å². The zero-order valence-electron chi connectivity index (χ0n) is 9.97. The largest absolute Gasteiger partial charge is 0.480 e. The number of aliphatic carboxylic acids is 1. The van der Waals surface area contributed by atoms with E-state index in [9.17, 15) is 26.7 Å². The summed E-state index contributed by atoms with van der Waals surface area (Å²) in [6, 6.07) is -1.32. The van der Waals surface area contributed by atoms with Crippen LogP contribution in [0.25, 0.3) is 0 Å². The molecule has 0 aromatic rings. The summed E-state index contributed by atoms with van der Waals surface area (Å²) >= 11 is 0. The summed E-state index contributed by atoms with van der Waals surface area (Å²) in [7, 11) is -7.40. The lowest BCUT2D eigenvalue weighted by atomic mass is 10.2. The lowest BCUT2D eigenvalue weighted by Gasteiger charge is -2.23. The monoisotopic (exact) mass is 313 g/mol. The number of rotatable bonds is 3. The van der Waals surface area contributed by atoms with Gasteiger partial charge >= 0.3 is 5.97 Å². The van der Waals surface area contributed by atoms with Crippen molar-refractivity contribution in [3.63, 3.8) is 0 Å². The Balaban J connectivity index is 2.27. The van der Waals surface area contributed by atoms with E-state index < -0.39 is 49.0 Å². The molecule has 0 aromatic heterocycles. The van der Waals surface area contributed by atoms with Crippen LogP contribution in [0, 0.1) is 0 Å². The van der Waals surface area contributed by atoms with E-state index in [1.807, 2.05) is 0 Å². The van der Waals surface area contributed by atoms with Crippen LogP contribution in [0.1, 0.15) is 12.8 Å². The first-order valence-electron chi connectivity index (χ1n) is 5.75. The van der Waals surface area contributed by atoms with Crippen LogP contribution in [-0.4, -0.2) is 72.8 Å². The van der Waals surface area contributed by atoms with Gasteiger partial charge in [-0.05, 0) is 6.42 Å². The van der Waals surface area contributed by atoms with Gasteiger partial charge in [-0.1, -0.05) is 0 Å².